The Bertz CT molecular complexity index is 614. The van der Waals surface area contributed by atoms with Crippen molar-refractivity contribution in [2.75, 3.05) is 19.5 Å². The molecule has 5 heteroatoms. The highest BCUT2D eigenvalue weighted by Crippen LogP contribution is 2.25. The van der Waals surface area contributed by atoms with E-state index in [0.717, 1.165) is 5.56 Å². The molecule has 0 aliphatic rings. The summed E-state index contributed by atoms with van der Waals surface area (Å²) in [6.07, 6.45) is 0. The van der Waals surface area contributed by atoms with Gasteiger partial charge in [-0.15, -0.1) is 0 Å². The van der Waals surface area contributed by atoms with E-state index in [1.807, 2.05) is 30.3 Å². The van der Waals surface area contributed by atoms with Crippen LogP contribution in [0.15, 0.2) is 48.5 Å². The maximum atomic E-state index is 12.4. The molecule has 2 rings (SSSR count). The number of benzene rings is 2. The summed E-state index contributed by atoms with van der Waals surface area (Å²) in [6.45, 7) is -0.204. The molecule has 21 heavy (non-hydrogen) atoms. The molecule has 0 bridgehead atoms. The number of carbonyl (C=O) groups is 1. The molecule has 0 aliphatic heterocycles. The first-order valence-electron chi connectivity index (χ1n) is 6.56. The maximum Gasteiger partial charge on any atom is 0.257 e. The van der Waals surface area contributed by atoms with Crippen LogP contribution in [0.25, 0.3) is 0 Å². The summed E-state index contributed by atoms with van der Waals surface area (Å²) in [6, 6.07) is 13.8. The predicted molar refractivity (Wildman–Crippen MR) is 81.1 cm³/mol. The van der Waals surface area contributed by atoms with Crippen LogP contribution in [0.2, 0.25) is 0 Å². The van der Waals surface area contributed by atoms with Crippen molar-refractivity contribution in [2.45, 2.75) is 6.04 Å². The first-order chi connectivity index (χ1) is 10.2. The van der Waals surface area contributed by atoms with Crippen molar-refractivity contribution in [3.8, 4) is 5.75 Å². The number of anilines is 1. The Morgan fingerprint density at radius 1 is 1.24 bits per heavy atom. The molecule has 110 valence electrons. The van der Waals surface area contributed by atoms with Crippen LogP contribution in [0.4, 0.5) is 5.69 Å². The third kappa shape index (κ3) is 3.32. The van der Waals surface area contributed by atoms with Crippen molar-refractivity contribution in [3.63, 3.8) is 0 Å². The summed E-state index contributed by atoms with van der Waals surface area (Å²) >= 11 is 0. The van der Waals surface area contributed by atoms with Gasteiger partial charge in [0.1, 0.15) is 11.3 Å². The summed E-state index contributed by atoms with van der Waals surface area (Å²) in [5.41, 5.74) is 7.27. The Morgan fingerprint density at radius 2 is 1.95 bits per heavy atom. The van der Waals surface area contributed by atoms with Crippen LogP contribution in [0.1, 0.15) is 22.0 Å². The number of nitrogen functional groups attached to an aromatic ring is 1. The van der Waals surface area contributed by atoms with Crippen LogP contribution in [0, 0.1) is 0 Å². The predicted octanol–water partition coefficient (Wildman–Crippen LogP) is 1.74. The molecule has 0 aromatic heterocycles. The van der Waals surface area contributed by atoms with E-state index in [-0.39, 0.29) is 18.1 Å². The summed E-state index contributed by atoms with van der Waals surface area (Å²) in [5.74, 6) is 0.0186. The number of nitrogens with two attached hydrogens (primary N) is 1. The van der Waals surface area contributed by atoms with Crippen molar-refractivity contribution < 1.29 is 14.6 Å². The normalized spacial score (nSPS) is 11.7. The lowest BCUT2D eigenvalue weighted by atomic mass is 10.1. The molecule has 0 saturated heterocycles. The fourth-order valence-corrected chi connectivity index (χ4v) is 2.11. The molecule has 0 radical (unpaired) electrons. The Morgan fingerprint density at radius 3 is 2.57 bits per heavy atom. The van der Waals surface area contributed by atoms with Crippen molar-refractivity contribution >= 4 is 11.6 Å². The lowest BCUT2D eigenvalue weighted by Crippen LogP contribution is -2.31. The lowest BCUT2D eigenvalue weighted by Gasteiger charge is -2.18. The van der Waals surface area contributed by atoms with E-state index in [0.29, 0.717) is 11.4 Å². The smallest absolute Gasteiger partial charge is 0.257 e. The fourth-order valence-electron chi connectivity index (χ4n) is 2.11. The summed E-state index contributed by atoms with van der Waals surface area (Å²) in [5, 5.41) is 12.3. The molecule has 2 aromatic rings. The van der Waals surface area contributed by atoms with Gasteiger partial charge in [-0.2, -0.15) is 0 Å². The van der Waals surface area contributed by atoms with E-state index in [2.05, 4.69) is 5.32 Å². The summed E-state index contributed by atoms with van der Waals surface area (Å²) in [7, 11) is 1.48. The van der Waals surface area contributed by atoms with Gasteiger partial charge in [0.2, 0.25) is 0 Å². The zero-order valence-corrected chi connectivity index (χ0v) is 11.7. The zero-order valence-electron chi connectivity index (χ0n) is 11.7. The first kappa shape index (κ1) is 14.9. The van der Waals surface area contributed by atoms with Gasteiger partial charge in [-0.1, -0.05) is 36.4 Å². The number of hydrogen-bond donors (Lipinski definition) is 3. The highest BCUT2D eigenvalue weighted by molar-refractivity contribution is 6.02. The molecular formula is C16H18N2O3. The number of methoxy groups -OCH3 is 1. The third-order valence-corrected chi connectivity index (χ3v) is 3.20. The van der Waals surface area contributed by atoms with Gasteiger partial charge in [-0.3, -0.25) is 4.79 Å². The highest BCUT2D eigenvalue weighted by Gasteiger charge is 2.19. The Balaban J connectivity index is 2.25. The van der Waals surface area contributed by atoms with E-state index >= 15 is 0 Å². The Kier molecular flexibility index (Phi) is 4.79. The van der Waals surface area contributed by atoms with Gasteiger partial charge in [-0.05, 0) is 17.7 Å². The molecule has 1 unspecified atom stereocenters. The van der Waals surface area contributed by atoms with Crippen LogP contribution in [0.5, 0.6) is 5.75 Å². The molecule has 1 amide bonds. The van der Waals surface area contributed by atoms with E-state index in [1.165, 1.54) is 7.11 Å². The second kappa shape index (κ2) is 6.76. The molecule has 0 saturated carbocycles. The second-order valence-corrected chi connectivity index (χ2v) is 4.54. The molecule has 0 heterocycles. The first-order valence-corrected chi connectivity index (χ1v) is 6.56. The van der Waals surface area contributed by atoms with Crippen molar-refractivity contribution in [1.29, 1.82) is 0 Å². The van der Waals surface area contributed by atoms with Crippen LogP contribution in [-0.4, -0.2) is 24.7 Å². The minimum Gasteiger partial charge on any atom is -0.496 e. The molecule has 1 atom stereocenters. The van der Waals surface area contributed by atoms with E-state index in [1.54, 1.807) is 18.2 Å². The largest absolute Gasteiger partial charge is 0.496 e. The second-order valence-electron chi connectivity index (χ2n) is 4.54. The third-order valence-electron chi connectivity index (χ3n) is 3.20. The van der Waals surface area contributed by atoms with Gasteiger partial charge >= 0.3 is 0 Å². The zero-order chi connectivity index (χ0) is 15.2. The monoisotopic (exact) mass is 286 g/mol. The topological polar surface area (TPSA) is 84.6 Å². The molecule has 5 nitrogen and oxygen atoms in total. The molecule has 2 aromatic carbocycles. The SMILES string of the molecule is COc1cccc(N)c1C(=O)NC(CO)c1ccccc1. The minimum atomic E-state index is -0.497. The van der Waals surface area contributed by atoms with Crippen LogP contribution in [-0.2, 0) is 0 Å². The number of aliphatic hydroxyl groups is 1. The average molecular weight is 286 g/mol. The minimum absolute atomic E-state index is 0.204. The average Bonchev–Trinajstić information content (AvgIpc) is 2.52. The number of hydrogen-bond acceptors (Lipinski definition) is 4. The van der Waals surface area contributed by atoms with Gasteiger partial charge in [0, 0.05) is 5.69 Å². The lowest BCUT2D eigenvalue weighted by molar-refractivity contribution is 0.0914. The van der Waals surface area contributed by atoms with E-state index in [9.17, 15) is 9.90 Å². The van der Waals surface area contributed by atoms with Gasteiger partial charge in [0.25, 0.3) is 5.91 Å². The van der Waals surface area contributed by atoms with Crippen molar-refractivity contribution in [2.24, 2.45) is 0 Å². The van der Waals surface area contributed by atoms with Gasteiger partial charge in [0.05, 0.1) is 19.8 Å². The maximum absolute atomic E-state index is 12.4. The van der Waals surface area contributed by atoms with Crippen molar-refractivity contribution in [3.05, 3.63) is 59.7 Å². The Labute approximate surface area is 123 Å². The molecule has 0 fully saturated rings. The van der Waals surface area contributed by atoms with Gasteiger partial charge in [-0.25, -0.2) is 0 Å². The molecule has 0 spiro atoms. The summed E-state index contributed by atoms with van der Waals surface area (Å²) in [4.78, 5) is 12.4. The molecule has 0 aliphatic carbocycles. The molecular weight excluding hydrogens is 268 g/mol. The fraction of sp³-hybridized carbons (Fsp3) is 0.188. The number of carbonyl (C=O) groups excluding carboxylic acids is 1. The molecule has 4 N–H and O–H groups in total. The van der Waals surface area contributed by atoms with Gasteiger partial charge < -0.3 is 20.9 Å². The van der Waals surface area contributed by atoms with Crippen LogP contribution >= 0.6 is 0 Å². The standard InChI is InChI=1S/C16H18N2O3/c1-21-14-9-5-8-12(17)15(14)16(20)18-13(10-19)11-6-3-2-4-7-11/h2-9,13,19H,10,17H2,1H3,(H,18,20). The number of nitrogens with one attached hydrogen (secondary N) is 1. The van der Waals surface area contributed by atoms with E-state index < -0.39 is 6.04 Å². The Hall–Kier alpha value is -2.53. The summed E-state index contributed by atoms with van der Waals surface area (Å²) < 4.78 is 5.16. The number of ether oxygens (including phenoxy) is 1. The highest BCUT2D eigenvalue weighted by atomic mass is 16.5. The van der Waals surface area contributed by atoms with Crippen LogP contribution < -0.4 is 15.8 Å². The number of amides is 1. The number of aliphatic hydroxyl groups excluding tert-OH is 1. The quantitative estimate of drug-likeness (QED) is 0.731. The van der Waals surface area contributed by atoms with Crippen molar-refractivity contribution in [1.82, 2.24) is 5.32 Å². The van der Waals surface area contributed by atoms with Gasteiger partial charge in [0.15, 0.2) is 0 Å². The van der Waals surface area contributed by atoms with E-state index in [4.69, 9.17) is 10.5 Å². The number of rotatable bonds is 5. The van der Waals surface area contributed by atoms with Crippen LogP contribution in [0.3, 0.4) is 0 Å².